The Bertz CT molecular complexity index is 794. The molecule has 0 saturated heterocycles. The summed E-state index contributed by atoms with van der Waals surface area (Å²) in [5.74, 6) is -0.151. The van der Waals surface area contributed by atoms with Gasteiger partial charge in [-0.15, -0.1) is 11.3 Å². The Morgan fingerprint density at radius 2 is 2.19 bits per heavy atom. The van der Waals surface area contributed by atoms with Crippen LogP contribution in [0.5, 0.6) is 0 Å². The number of carboxylic acid groups (broad SMARTS) is 1. The van der Waals surface area contributed by atoms with Gasteiger partial charge in [0.05, 0.1) is 24.9 Å². The van der Waals surface area contributed by atoms with Gasteiger partial charge in [-0.25, -0.2) is 4.98 Å². The third-order valence-electron chi connectivity index (χ3n) is 5.18. The smallest absolute Gasteiger partial charge is 0.317 e. The zero-order valence-electron chi connectivity index (χ0n) is 15.0. The second-order valence-electron chi connectivity index (χ2n) is 7.49. The number of hydrogen-bond donors (Lipinski definition) is 2. The van der Waals surface area contributed by atoms with Crippen LogP contribution >= 0.6 is 11.3 Å². The van der Waals surface area contributed by atoms with Crippen molar-refractivity contribution in [2.75, 3.05) is 13.1 Å². The number of aromatic nitrogens is 1. The minimum Gasteiger partial charge on any atom is -0.480 e. The van der Waals surface area contributed by atoms with Gasteiger partial charge >= 0.3 is 5.97 Å². The van der Waals surface area contributed by atoms with E-state index >= 15 is 0 Å². The van der Waals surface area contributed by atoms with E-state index in [1.54, 1.807) is 12.5 Å². The van der Waals surface area contributed by atoms with E-state index in [9.17, 15) is 9.59 Å². The third-order valence-corrected chi connectivity index (χ3v) is 6.12. The van der Waals surface area contributed by atoms with Gasteiger partial charge in [-0.2, -0.15) is 0 Å². The first-order valence-corrected chi connectivity index (χ1v) is 10.2. The molecular weight excluding hydrogens is 366 g/mol. The van der Waals surface area contributed by atoms with Gasteiger partial charge in [0.25, 0.3) is 0 Å². The van der Waals surface area contributed by atoms with Crippen LogP contribution in [0.15, 0.2) is 28.4 Å². The zero-order chi connectivity index (χ0) is 18.8. The maximum Gasteiger partial charge on any atom is 0.317 e. The highest BCUT2D eigenvalue weighted by Crippen LogP contribution is 2.33. The Morgan fingerprint density at radius 3 is 2.85 bits per heavy atom. The molecule has 2 aliphatic carbocycles. The highest BCUT2D eigenvalue weighted by molar-refractivity contribution is 7.13. The lowest BCUT2D eigenvalue weighted by molar-refractivity contribution is -0.140. The Hall–Kier alpha value is -2.19. The van der Waals surface area contributed by atoms with Crippen LogP contribution in [0.4, 0.5) is 0 Å². The fourth-order valence-corrected chi connectivity index (χ4v) is 4.31. The van der Waals surface area contributed by atoms with E-state index in [0.29, 0.717) is 5.92 Å². The van der Waals surface area contributed by atoms with E-state index in [-0.39, 0.29) is 31.0 Å². The lowest BCUT2D eigenvalue weighted by Crippen LogP contribution is -2.55. The number of carbonyl (C=O) groups excluding carboxylic acids is 1. The summed E-state index contributed by atoms with van der Waals surface area (Å²) in [6.45, 7) is 0.963. The first-order valence-electron chi connectivity index (χ1n) is 9.29. The third kappa shape index (κ3) is 4.75. The van der Waals surface area contributed by atoms with Crippen molar-refractivity contribution in [3.8, 4) is 10.6 Å². The molecule has 0 radical (unpaired) electrons. The fraction of sp³-hybridized carbons (Fsp3) is 0.526. The van der Waals surface area contributed by atoms with Crippen LogP contribution in [0.25, 0.3) is 10.6 Å². The maximum atomic E-state index is 12.3. The minimum atomic E-state index is -0.778. The molecule has 27 heavy (non-hydrogen) atoms. The van der Waals surface area contributed by atoms with E-state index < -0.39 is 5.97 Å². The SMILES string of the molecule is O=C(O)CN(CC1CC1)C1CC(NC(=O)Cc2csc(-c3ccoc3)n2)C1. The van der Waals surface area contributed by atoms with Crippen molar-refractivity contribution in [1.29, 1.82) is 0 Å². The predicted molar refractivity (Wildman–Crippen MR) is 100 cm³/mol. The van der Waals surface area contributed by atoms with Crippen molar-refractivity contribution >= 4 is 23.2 Å². The summed E-state index contributed by atoms with van der Waals surface area (Å²) >= 11 is 1.50. The number of rotatable bonds is 9. The molecular formula is C19H23N3O4S. The lowest BCUT2D eigenvalue weighted by atomic mass is 9.85. The van der Waals surface area contributed by atoms with Crippen molar-refractivity contribution in [1.82, 2.24) is 15.2 Å². The second-order valence-corrected chi connectivity index (χ2v) is 8.35. The molecule has 0 unspecified atom stereocenters. The topological polar surface area (TPSA) is 95.7 Å². The Balaban J connectivity index is 1.23. The van der Waals surface area contributed by atoms with Gasteiger partial charge in [-0.05, 0) is 37.7 Å². The number of carbonyl (C=O) groups is 2. The lowest BCUT2D eigenvalue weighted by Gasteiger charge is -2.42. The molecule has 2 N–H and O–H groups in total. The molecule has 0 atom stereocenters. The maximum absolute atomic E-state index is 12.3. The van der Waals surface area contributed by atoms with Crippen LogP contribution in [-0.2, 0) is 16.0 Å². The molecule has 8 heteroatoms. The highest BCUT2D eigenvalue weighted by atomic mass is 32.1. The van der Waals surface area contributed by atoms with Crippen molar-refractivity contribution < 1.29 is 19.1 Å². The van der Waals surface area contributed by atoms with E-state index in [2.05, 4.69) is 15.2 Å². The molecule has 0 aliphatic heterocycles. The monoisotopic (exact) mass is 389 g/mol. The van der Waals surface area contributed by atoms with Crippen molar-refractivity contribution in [3.63, 3.8) is 0 Å². The molecule has 2 fully saturated rings. The van der Waals surface area contributed by atoms with E-state index in [1.807, 2.05) is 11.4 Å². The van der Waals surface area contributed by atoms with Gasteiger partial charge in [0.15, 0.2) is 0 Å². The predicted octanol–water partition coefficient (Wildman–Crippen LogP) is 2.39. The molecule has 7 nitrogen and oxygen atoms in total. The van der Waals surface area contributed by atoms with Crippen LogP contribution < -0.4 is 5.32 Å². The van der Waals surface area contributed by atoms with Gasteiger partial charge in [0.2, 0.25) is 5.91 Å². The first kappa shape index (κ1) is 18.2. The molecule has 0 bridgehead atoms. The Morgan fingerprint density at radius 1 is 1.37 bits per heavy atom. The Kier molecular flexibility index (Phi) is 5.27. The fourth-order valence-electron chi connectivity index (χ4n) is 3.50. The average molecular weight is 389 g/mol. The number of nitrogens with zero attached hydrogens (tertiary/aromatic N) is 2. The number of furan rings is 1. The standard InChI is InChI=1S/C19H23N3O4S/c23-17(7-15-11-27-19(21-15)13-3-4-26-10-13)20-14-5-16(6-14)22(9-18(24)25)8-12-1-2-12/h3-4,10-12,14,16H,1-2,5-9H2,(H,20,23)(H,24,25). The van der Waals surface area contributed by atoms with Crippen LogP contribution in [-0.4, -0.2) is 52.0 Å². The number of amides is 1. The van der Waals surface area contributed by atoms with Gasteiger partial charge in [0.1, 0.15) is 11.3 Å². The van der Waals surface area contributed by atoms with E-state index in [1.165, 1.54) is 24.2 Å². The van der Waals surface area contributed by atoms with Crippen molar-refractivity contribution in [2.45, 2.75) is 44.2 Å². The molecule has 2 heterocycles. The largest absolute Gasteiger partial charge is 0.480 e. The Labute approximate surface area is 161 Å². The molecule has 2 saturated carbocycles. The average Bonchev–Trinajstić information content (AvgIpc) is 3.06. The molecule has 0 spiro atoms. The summed E-state index contributed by atoms with van der Waals surface area (Å²) < 4.78 is 5.06. The summed E-state index contributed by atoms with van der Waals surface area (Å²) in [6, 6.07) is 2.24. The number of aliphatic carboxylic acids is 1. The molecule has 2 aromatic rings. The van der Waals surface area contributed by atoms with Crippen LogP contribution in [0, 0.1) is 5.92 Å². The van der Waals surface area contributed by atoms with Crippen LogP contribution in [0.3, 0.4) is 0 Å². The van der Waals surface area contributed by atoms with Gasteiger partial charge in [-0.3, -0.25) is 14.5 Å². The second kappa shape index (κ2) is 7.82. The number of carboxylic acids is 1. The zero-order valence-corrected chi connectivity index (χ0v) is 15.8. The molecule has 0 aromatic carbocycles. The molecule has 1 amide bonds. The van der Waals surface area contributed by atoms with Crippen LogP contribution in [0.2, 0.25) is 0 Å². The number of nitrogens with one attached hydrogen (secondary N) is 1. The van der Waals surface area contributed by atoms with E-state index in [4.69, 9.17) is 9.52 Å². The molecule has 144 valence electrons. The van der Waals surface area contributed by atoms with Crippen molar-refractivity contribution in [3.05, 3.63) is 29.7 Å². The normalized spacial score (nSPS) is 21.8. The number of hydrogen-bond acceptors (Lipinski definition) is 6. The summed E-state index contributed by atoms with van der Waals surface area (Å²) in [4.78, 5) is 29.9. The van der Waals surface area contributed by atoms with Gasteiger partial charge in [0, 0.05) is 29.6 Å². The quantitative estimate of drug-likeness (QED) is 0.684. The van der Waals surface area contributed by atoms with Crippen molar-refractivity contribution in [2.24, 2.45) is 5.92 Å². The summed E-state index contributed by atoms with van der Waals surface area (Å²) in [5, 5.41) is 14.9. The van der Waals surface area contributed by atoms with Gasteiger partial charge < -0.3 is 14.8 Å². The molecule has 4 rings (SSSR count). The first-order chi connectivity index (χ1) is 13.1. The minimum absolute atomic E-state index is 0.0329. The van der Waals surface area contributed by atoms with E-state index in [0.717, 1.165) is 35.7 Å². The molecule has 2 aromatic heterocycles. The van der Waals surface area contributed by atoms with Gasteiger partial charge in [-0.1, -0.05) is 0 Å². The number of thiazole rings is 1. The summed E-state index contributed by atoms with van der Waals surface area (Å²) in [5.41, 5.74) is 1.67. The van der Waals surface area contributed by atoms with Crippen LogP contribution in [0.1, 0.15) is 31.4 Å². The molecule has 2 aliphatic rings. The summed E-state index contributed by atoms with van der Waals surface area (Å²) in [7, 11) is 0. The highest BCUT2D eigenvalue weighted by Gasteiger charge is 2.37. The summed E-state index contributed by atoms with van der Waals surface area (Å²) in [6.07, 6.45) is 7.56.